The van der Waals surface area contributed by atoms with Crippen LogP contribution >= 0.6 is 0 Å². The van der Waals surface area contributed by atoms with E-state index in [1.165, 1.54) is 12.1 Å². The fourth-order valence-corrected chi connectivity index (χ4v) is 1.76. The average Bonchev–Trinajstić information content (AvgIpc) is 2.34. The molecule has 0 aliphatic rings. The molecule has 0 radical (unpaired) electrons. The molecule has 100 valence electrons. The highest BCUT2D eigenvalue weighted by Crippen LogP contribution is 2.10. The Morgan fingerprint density at radius 2 is 2.17 bits per heavy atom. The third kappa shape index (κ3) is 5.27. The molecular formula is C14H21FN2O. The summed E-state index contributed by atoms with van der Waals surface area (Å²) in [6.45, 7) is 3.42. The second-order valence-electron chi connectivity index (χ2n) is 4.48. The van der Waals surface area contributed by atoms with Crippen molar-refractivity contribution in [3.63, 3.8) is 0 Å². The molecule has 1 aromatic rings. The first kappa shape index (κ1) is 14.6. The Morgan fingerprint density at radius 1 is 1.39 bits per heavy atom. The SMILES string of the molecule is CNCCCNC(=O)C(C)Cc1cccc(F)c1. The van der Waals surface area contributed by atoms with E-state index >= 15 is 0 Å². The van der Waals surface area contributed by atoms with Gasteiger partial charge in [0.05, 0.1) is 0 Å². The number of benzene rings is 1. The van der Waals surface area contributed by atoms with E-state index in [9.17, 15) is 9.18 Å². The van der Waals surface area contributed by atoms with Crippen LogP contribution < -0.4 is 10.6 Å². The highest BCUT2D eigenvalue weighted by atomic mass is 19.1. The molecule has 3 nitrogen and oxygen atoms in total. The molecule has 0 bridgehead atoms. The van der Waals surface area contributed by atoms with Gasteiger partial charge in [0, 0.05) is 12.5 Å². The van der Waals surface area contributed by atoms with Crippen molar-refractivity contribution in [2.45, 2.75) is 19.8 Å². The van der Waals surface area contributed by atoms with Crippen LogP contribution in [0.25, 0.3) is 0 Å². The third-order valence-electron chi connectivity index (χ3n) is 2.78. The normalized spacial score (nSPS) is 12.2. The Labute approximate surface area is 108 Å². The van der Waals surface area contributed by atoms with Gasteiger partial charge < -0.3 is 10.6 Å². The monoisotopic (exact) mass is 252 g/mol. The Kier molecular flexibility index (Phi) is 6.36. The molecule has 0 aliphatic carbocycles. The molecule has 1 unspecified atom stereocenters. The van der Waals surface area contributed by atoms with Crippen LogP contribution in [-0.2, 0) is 11.2 Å². The molecule has 0 fully saturated rings. The summed E-state index contributed by atoms with van der Waals surface area (Å²) in [5.41, 5.74) is 0.855. The van der Waals surface area contributed by atoms with E-state index < -0.39 is 0 Å². The fourth-order valence-electron chi connectivity index (χ4n) is 1.76. The molecule has 0 aliphatic heterocycles. The van der Waals surface area contributed by atoms with Gasteiger partial charge in [0.1, 0.15) is 5.82 Å². The molecule has 18 heavy (non-hydrogen) atoms. The number of nitrogens with one attached hydrogen (secondary N) is 2. The molecule has 1 aromatic carbocycles. The topological polar surface area (TPSA) is 41.1 Å². The first-order chi connectivity index (χ1) is 8.63. The summed E-state index contributed by atoms with van der Waals surface area (Å²) in [7, 11) is 1.88. The largest absolute Gasteiger partial charge is 0.356 e. The number of carbonyl (C=O) groups excluding carboxylic acids is 1. The predicted octanol–water partition coefficient (Wildman–Crippen LogP) is 1.73. The zero-order valence-electron chi connectivity index (χ0n) is 11.0. The molecule has 1 amide bonds. The van der Waals surface area contributed by atoms with Crippen molar-refractivity contribution in [2.24, 2.45) is 5.92 Å². The lowest BCUT2D eigenvalue weighted by Gasteiger charge is -2.12. The second-order valence-corrected chi connectivity index (χ2v) is 4.48. The highest BCUT2D eigenvalue weighted by molar-refractivity contribution is 5.78. The van der Waals surface area contributed by atoms with Gasteiger partial charge in [0.15, 0.2) is 0 Å². The Hall–Kier alpha value is -1.42. The molecule has 4 heteroatoms. The molecule has 1 atom stereocenters. The lowest BCUT2D eigenvalue weighted by atomic mass is 10.0. The molecule has 0 heterocycles. The third-order valence-corrected chi connectivity index (χ3v) is 2.78. The lowest BCUT2D eigenvalue weighted by Crippen LogP contribution is -2.32. The average molecular weight is 252 g/mol. The molecule has 0 saturated carbocycles. The molecule has 2 N–H and O–H groups in total. The van der Waals surface area contributed by atoms with Gasteiger partial charge in [0.2, 0.25) is 5.91 Å². The van der Waals surface area contributed by atoms with Crippen LogP contribution in [0.1, 0.15) is 18.9 Å². The Balaban J connectivity index is 2.35. The number of rotatable bonds is 7. The minimum Gasteiger partial charge on any atom is -0.356 e. The van der Waals surface area contributed by atoms with Gasteiger partial charge >= 0.3 is 0 Å². The van der Waals surface area contributed by atoms with Crippen LogP contribution in [0.2, 0.25) is 0 Å². The standard InChI is InChI=1S/C14H21FN2O/c1-11(14(18)17-8-4-7-16-2)9-12-5-3-6-13(15)10-12/h3,5-6,10-11,16H,4,7-9H2,1-2H3,(H,17,18). The van der Waals surface area contributed by atoms with E-state index in [1.807, 2.05) is 20.0 Å². The van der Waals surface area contributed by atoms with Gasteiger partial charge in [-0.2, -0.15) is 0 Å². The van der Waals surface area contributed by atoms with E-state index in [4.69, 9.17) is 0 Å². The number of carbonyl (C=O) groups is 1. The first-order valence-corrected chi connectivity index (χ1v) is 6.30. The summed E-state index contributed by atoms with van der Waals surface area (Å²) in [5.74, 6) is -0.370. The zero-order valence-corrected chi connectivity index (χ0v) is 11.0. The summed E-state index contributed by atoms with van der Waals surface area (Å²) < 4.78 is 13.0. The summed E-state index contributed by atoms with van der Waals surface area (Å²) in [6.07, 6.45) is 1.48. The second kappa shape index (κ2) is 7.82. The zero-order chi connectivity index (χ0) is 13.4. The minimum absolute atomic E-state index is 0.0235. The molecule has 0 spiro atoms. The van der Waals surface area contributed by atoms with Crippen LogP contribution in [0, 0.1) is 11.7 Å². The van der Waals surface area contributed by atoms with E-state index in [2.05, 4.69) is 10.6 Å². The maximum atomic E-state index is 13.0. The quantitative estimate of drug-likeness (QED) is 0.726. The summed E-state index contributed by atoms with van der Waals surface area (Å²) in [5, 5.41) is 5.90. The van der Waals surface area contributed by atoms with Crippen LogP contribution in [-0.4, -0.2) is 26.0 Å². The van der Waals surface area contributed by atoms with E-state index in [-0.39, 0.29) is 17.6 Å². The molecule has 0 saturated heterocycles. The van der Waals surface area contributed by atoms with E-state index in [0.29, 0.717) is 13.0 Å². The summed E-state index contributed by atoms with van der Waals surface area (Å²) in [6, 6.07) is 6.40. The Bertz CT molecular complexity index is 382. The van der Waals surface area contributed by atoms with Crippen molar-refractivity contribution in [1.29, 1.82) is 0 Å². The smallest absolute Gasteiger partial charge is 0.223 e. The Morgan fingerprint density at radius 3 is 2.83 bits per heavy atom. The van der Waals surface area contributed by atoms with E-state index in [1.54, 1.807) is 6.07 Å². The molecule has 1 rings (SSSR count). The van der Waals surface area contributed by atoms with Crippen molar-refractivity contribution >= 4 is 5.91 Å². The van der Waals surface area contributed by atoms with Crippen molar-refractivity contribution in [3.05, 3.63) is 35.6 Å². The van der Waals surface area contributed by atoms with Gasteiger partial charge in [-0.15, -0.1) is 0 Å². The summed E-state index contributed by atoms with van der Waals surface area (Å²) >= 11 is 0. The summed E-state index contributed by atoms with van der Waals surface area (Å²) in [4.78, 5) is 11.8. The van der Waals surface area contributed by atoms with Gasteiger partial charge in [-0.05, 0) is 44.1 Å². The first-order valence-electron chi connectivity index (χ1n) is 6.30. The van der Waals surface area contributed by atoms with Crippen LogP contribution in [0.3, 0.4) is 0 Å². The highest BCUT2D eigenvalue weighted by Gasteiger charge is 2.12. The van der Waals surface area contributed by atoms with Crippen LogP contribution in [0.15, 0.2) is 24.3 Å². The fraction of sp³-hybridized carbons (Fsp3) is 0.500. The molecule has 0 aromatic heterocycles. The van der Waals surface area contributed by atoms with Crippen molar-refractivity contribution in [3.8, 4) is 0 Å². The van der Waals surface area contributed by atoms with Crippen molar-refractivity contribution < 1.29 is 9.18 Å². The van der Waals surface area contributed by atoms with E-state index in [0.717, 1.165) is 18.5 Å². The van der Waals surface area contributed by atoms with Gasteiger partial charge in [-0.25, -0.2) is 4.39 Å². The predicted molar refractivity (Wildman–Crippen MR) is 70.8 cm³/mol. The van der Waals surface area contributed by atoms with Crippen LogP contribution in [0.5, 0.6) is 0 Å². The minimum atomic E-state index is -0.255. The maximum absolute atomic E-state index is 13.0. The number of amides is 1. The van der Waals surface area contributed by atoms with Gasteiger partial charge in [0.25, 0.3) is 0 Å². The van der Waals surface area contributed by atoms with Gasteiger partial charge in [-0.3, -0.25) is 4.79 Å². The lowest BCUT2D eigenvalue weighted by molar-refractivity contribution is -0.124. The number of halogens is 1. The number of hydrogen-bond donors (Lipinski definition) is 2. The van der Waals surface area contributed by atoms with Crippen molar-refractivity contribution in [1.82, 2.24) is 10.6 Å². The maximum Gasteiger partial charge on any atom is 0.223 e. The van der Waals surface area contributed by atoms with Crippen molar-refractivity contribution in [2.75, 3.05) is 20.1 Å². The molecular weight excluding hydrogens is 231 g/mol. The van der Waals surface area contributed by atoms with Crippen LogP contribution in [0.4, 0.5) is 4.39 Å². The number of hydrogen-bond acceptors (Lipinski definition) is 2. The van der Waals surface area contributed by atoms with Gasteiger partial charge in [-0.1, -0.05) is 19.1 Å².